The van der Waals surface area contributed by atoms with Gasteiger partial charge in [0.25, 0.3) is 0 Å². The van der Waals surface area contributed by atoms with Crippen molar-refractivity contribution in [3.05, 3.63) is 33.8 Å². The van der Waals surface area contributed by atoms with Crippen LogP contribution < -0.4 is 5.32 Å². The van der Waals surface area contributed by atoms with Gasteiger partial charge in [-0.2, -0.15) is 0 Å². The average molecular weight is 315 g/mol. The van der Waals surface area contributed by atoms with Crippen molar-refractivity contribution in [2.45, 2.75) is 38.6 Å². The molecule has 0 bridgehead atoms. The molecule has 1 unspecified atom stereocenters. The van der Waals surface area contributed by atoms with Crippen LogP contribution in [0, 0.1) is 0 Å². The molecule has 0 aromatic heterocycles. The fourth-order valence-corrected chi connectivity index (χ4v) is 3.22. The van der Waals surface area contributed by atoms with Crippen molar-refractivity contribution < 1.29 is 0 Å². The van der Waals surface area contributed by atoms with Gasteiger partial charge in [-0.1, -0.05) is 42.6 Å². The van der Waals surface area contributed by atoms with Crippen LogP contribution >= 0.6 is 23.2 Å². The van der Waals surface area contributed by atoms with E-state index in [1.54, 1.807) is 0 Å². The van der Waals surface area contributed by atoms with Crippen molar-refractivity contribution >= 4 is 23.2 Å². The predicted molar refractivity (Wildman–Crippen MR) is 87.9 cm³/mol. The molecule has 20 heavy (non-hydrogen) atoms. The smallest absolute Gasteiger partial charge is 0.0595 e. The molecule has 0 radical (unpaired) electrons. The number of nitrogens with one attached hydrogen (secondary N) is 1. The van der Waals surface area contributed by atoms with Crippen molar-refractivity contribution in [1.29, 1.82) is 0 Å². The fraction of sp³-hybridized carbons (Fsp3) is 0.625. The third kappa shape index (κ3) is 4.63. The lowest BCUT2D eigenvalue weighted by atomic mass is 10.0. The number of likely N-dealkylation sites (N-methyl/N-ethyl adjacent to an activating group) is 1. The Kier molecular flexibility index (Phi) is 6.63. The molecule has 4 heteroatoms. The first-order chi connectivity index (χ1) is 9.70. The van der Waals surface area contributed by atoms with E-state index in [4.69, 9.17) is 23.2 Å². The van der Waals surface area contributed by atoms with E-state index in [9.17, 15) is 0 Å². The minimum atomic E-state index is 0.629. The normalized spacial score (nSPS) is 20.2. The van der Waals surface area contributed by atoms with E-state index in [1.165, 1.54) is 37.9 Å². The Labute approximate surface area is 132 Å². The number of rotatable bonds is 6. The molecule has 1 aromatic rings. The minimum Gasteiger partial charge on any atom is -0.315 e. The van der Waals surface area contributed by atoms with Gasteiger partial charge in [0.1, 0.15) is 0 Å². The molecule has 1 atom stereocenters. The van der Waals surface area contributed by atoms with Gasteiger partial charge in [0.05, 0.1) is 10.0 Å². The van der Waals surface area contributed by atoms with Crippen molar-refractivity contribution in [1.82, 2.24) is 10.2 Å². The summed E-state index contributed by atoms with van der Waals surface area (Å²) in [6.07, 6.45) is 5.05. The second kappa shape index (κ2) is 8.23. The summed E-state index contributed by atoms with van der Waals surface area (Å²) < 4.78 is 0. The Balaban J connectivity index is 1.71. The van der Waals surface area contributed by atoms with Gasteiger partial charge in [-0.3, -0.25) is 4.90 Å². The van der Waals surface area contributed by atoms with Crippen LogP contribution in [0.2, 0.25) is 10.0 Å². The summed E-state index contributed by atoms with van der Waals surface area (Å²) in [5.74, 6) is 0. The van der Waals surface area contributed by atoms with Crippen LogP contribution in [0.1, 0.15) is 31.7 Å². The standard InChI is InChI=1S/C16H24Cl2N2/c1-2-20-10-4-3-5-14(20)12-19-9-8-13-6-7-15(17)16(18)11-13/h6-7,11,14,19H,2-5,8-10,12H2,1H3. The molecule has 1 saturated heterocycles. The largest absolute Gasteiger partial charge is 0.315 e. The number of piperidine rings is 1. The molecular weight excluding hydrogens is 291 g/mol. The first kappa shape index (κ1) is 16.1. The van der Waals surface area contributed by atoms with E-state index >= 15 is 0 Å². The Bertz CT molecular complexity index is 423. The van der Waals surface area contributed by atoms with Crippen LogP contribution in [0.3, 0.4) is 0 Å². The summed E-state index contributed by atoms with van der Waals surface area (Å²) >= 11 is 11.9. The second-order valence-electron chi connectivity index (χ2n) is 5.48. The first-order valence-electron chi connectivity index (χ1n) is 7.59. The maximum Gasteiger partial charge on any atom is 0.0595 e. The van der Waals surface area contributed by atoms with Crippen LogP contribution in [0.25, 0.3) is 0 Å². The number of benzene rings is 1. The summed E-state index contributed by atoms with van der Waals surface area (Å²) in [5.41, 5.74) is 1.24. The highest BCUT2D eigenvalue weighted by Gasteiger charge is 2.19. The Morgan fingerprint density at radius 3 is 2.85 bits per heavy atom. The van der Waals surface area contributed by atoms with Gasteiger partial charge in [0.2, 0.25) is 0 Å². The first-order valence-corrected chi connectivity index (χ1v) is 8.35. The highest BCUT2D eigenvalue weighted by Crippen LogP contribution is 2.22. The Morgan fingerprint density at radius 1 is 1.25 bits per heavy atom. The van der Waals surface area contributed by atoms with Crippen LogP contribution in [0.4, 0.5) is 0 Å². The van der Waals surface area contributed by atoms with Gasteiger partial charge in [0, 0.05) is 12.6 Å². The molecule has 0 aliphatic carbocycles. The number of likely N-dealkylation sites (tertiary alicyclic amines) is 1. The molecule has 2 nitrogen and oxygen atoms in total. The average Bonchev–Trinajstić information content (AvgIpc) is 2.47. The Morgan fingerprint density at radius 2 is 2.10 bits per heavy atom. The van der Waals surface area contributed by atoms with Gasteiger partial charge in [-0.15, -0.1) is 0 Å². The highest BCUT2D eigenvalue weighted by molar-refractivity contribution is 6.42. The molecule has 1 fully saturated rings. The van der Waals surface area contributed by atoms with Crippen molar-refractivity contribution in [3.63, 3.8) is 0 Å². The quantitative estimate of drug-likeness (QED) is 0.798. The zero-order valence-corrected chi connectivity index (χ0v) is 13.7. The minimum absolute atomic E-state index is 0.629. The zero-order valence-electron chi connectivity index (χ0n) is 12.2. The number of nitrogens with zero attached hydrogens (tertiary/aromatic N) is 1. The van der Waals surface area contributed by atoms with Crippen molar-refractivity contribution in [2.24, 2.45) is 0 Å². The summed E-state index contributed by atoms with van der Waals surface area (Å²) in [6, 6.07) is 6.60. The molecule has 1 N–H and O–H groups in total. The van der Waals surface area contributed by atoms with Gasteiger partial charge >= 0.3 is 0 Å². The van der Waals surface area contributed by atoms with Crippen LogP contribution in [0.15, 0.2) is 18.2 Å². The van der Waals surface area contributed by atoms with Gasteiger partial charge in [0.15, 0.2) is 0 Å². The molecule has 1 aliphatic heterocycles. The van der Waals surface area contributed by atoms with E-state index in [0.717, 1.165) is 19.5 Å². The van der Waals surface area contributed by atoms with E-state index in [1.807, 2.05) is 12.1 Å². The van der Waals surface area contributed by atoms with E-state index in [2.05, 4.69) is 23.2 Å². The molecule has 0 amide bonds. The summed E-state index contributed by atoms with van der Waals surface area (Å²) in [5, 5.41) is 4.86. The van der Waals surface area contributed by atoms with E-state index < -0.39 is 0 Å². The lowest BCUT2D eigenvalue weighted by Gasteiger charge is -2.35. The molecule has 1 aromatic carbocycles. The number of hydrogen-bond acceptors (Lipinski definition) is 2. The highest BCUT2D eigenvalue weighted by atomic mass is 35.5. The molecule has 0 saturated carbocycles. The SMILES string of the molecule is CCN1CCCCC1CNCCc1ccc(Cl)c(Cl)c1. The Hall–Kier alpha value is -0.280. The lowest BCUT2D eigenvalue weighted by Crippen LogP contribution is -2.45. The van der Waals surface area contributed by atoms with Crippen LogP contribution in [0.5, 0.6) is 0 Å². The molecule has 2 rings (SSSR count). The molecular formula is C16H24Cl2N2. The van der Waals surface area contributed by atoms with Crippen molar-refractivity contribution in [2.75, 3.05) is 26.2 Å². The van der Waals surface area contributed by atoms with Gasteiger partial charge in [-0.25, -0.2) is 0 Å². The van der Waals surface area contributed by atoms with Crippen LogP contribution in [-0.2, 0) is 6.42 Å². The fourth-order valence-electron chi connectivity index (χ4n) is 2.90. The number of hydrogen-bond donors (Lipinski definition) is 1. The lowest BCUT2D eigenvalue weighted by molar-refractivity contribution is 0.153. The summed E-state index contributed by atoms with van der Waals surface area (Å²) in [7, 11) is 0. The zero-order chi connectivity index (χ0) is 14.4. The number of halogens is 2. The van der Waals surface area contributed by atoms with E-state index in [-0.39, 0.29) is 0 Å². The van der Waals surface area contributed by atoms with Crippen molar-refractivity contribution in [3.8, 4) is 0 Å². The molecule has 112 valence electrons. The summed E-state index contributed by atoms with van der Waals surface area (Å²) in [4.78, 5) is 2.59. The van der Waals surface area contributed by atoms with Gasteiger partial charge in [-0.05, 0) is 56.6 Å². The van der Waals surface area contributed by atoms with Gasteiger partial charge < -0.3 is 5.32 Å². The van der Waals surface area contributed by atoms with E-state index in [0.29, 0.717) is 16.1 Å². The molecule has 1 aliphatic rings. The molecule has 1 heterocycles. The summed E-state index contributed by atoms with van der Waals surface area (Å²) in [6.45, 7) is 6.77. The third-order valence-corrected chi connectivity index (χ3v) is 4.85. The monoisotopic (exact) mass is 314 g/mol. The topological polar surface area (TPSA) is 15.3 Å². The third-order valence-electron chi connectivity index (χ3n) is 4.11. The predicted octanol–water partition coefficient (Wildman–Crippen LogP) is 4.00. The second-order valence-corrected chi connectivity index (χ2v) is 6.30. The maximum atomic E-state index is 6.03. The van der Waals surface area contributed by atoms with Crippen LogP contribution in [-0.4, -0.2) is 37.1 Å². The molecule has 0 spiro atoms. The maximum absolute atomic E-state index is 6.03.